The van der Waals surface area contributed by atoms with E-state index < -0.39 is 0 Å². The molecule has 2 aliphatic rings. The summed E-state index contributed by atoms with van der Waals surface area (Å²) in [7, 11) is 0. The molecule has 1 amide bonds. The maximum absolute atomic E-state index is 11.4. The number of likely N-dealkylation sites (tertiary alicyclic amines) is 1. The number of hydrogen-bond donors (Lipinski definition) is 0. The zero-order valence-corrected chi connectivity index (χ0v) is 7.86. The van der Waals surface area contributed by atoms with E-state index in [9.17, 15) is 4.79 Å². The molecule has 1 aliphatic heterocycles. The third-order valence-electron chi connectivity index (χ3n) is 3.13. The summed E-state index contributed by atoms with van der Waals surface area (Å²) in [5, 5.41) is 8.67. The van der Waals surface area contributed by atoms with Crippen LogP contribution >= 0.6 is 0 Å². The van der Waals surface area contributed by atoms with Gasteiger partial charge in [-0.25, -0.2) is 0 Å². The van der Waals surface area contributed by atoms with Crippen molar-refractivity contribution in [3.8, 4) is 6.07 Å². The smallest absolute Gasteiger partial charge is 0.224 e. The second kappa shape index (κ2) is 3.02. The Labute approximate surface area is 78.3 Å². The van der Waals surface area contributed by atoms with Crippen molar-refractivity contribution in [2.24, 2.45) is 17.8 Å². The lowest BCUT2D eigenvalue weighted by atomic mass is 10.1. The van der Waals surface area contributed by atoms with Crippen molar-refractivity contribution in [3.63, 3.8) is 0 Å². The van der Waals surface area contributed by atoms with Gasteiger partial charge in [0.2, 0.25) is 5.91 Å². The summed E-state index contributed by atoms with van der Waals surface area (Å²) in [5.74, 6) is 1.61. The van der Waals surface area contributed by atoms with E-state index in [2.05, 4.69) is 13.0 Å². The van der Waals surface area contributed by atoms with E-state index in [-0.39, 0.29) is 11.8 Å². The molecule has 3 unspecified atom stereocenters. The first-order valence-electron chi connectivity index (χ1n) is 4.88. The van der Waals surface area contributed by atoms with Gasteiger partial charge >= 0.3 is 0 Å². The Morgan fingerprint density at radius 3 is 2.85 bits per heavy atom. The van der Waals surface area contributed by atoms with Crippen LogP contribution < -0.4 is 0 Å². The third kappa shape index (κ3) is 1.67. The highest BCUT2D eigenvalue weighted by Gasteiger charge is 2.38. The van der Waals surface area contributed by atoms with Gasteiger partial charge < -0.3 is 4.90 Å². The van der Waals surface area contributed by atoms with Gasteiger partial charge in [0.25, 0.3) is 0 Å². The van der Waals surface area contributed by atoms with Crippen molar-refractivity contribution in [3.05, 3.63) is 0 Å². The monoisotopic (exact) mass is 178 g/mol. The van der Waals surface area contributed by atoms with Crippen molar-refractivity contribution in [1.29, 1.82) is 5.26 Å². The molecule has 3 heteroatoms. The molecular weight excluding hydrogens is 164 g/mol. The number of carbonyl (C=O) groups is 1. The molecule has 0 radical (unpaired) electrons. The Bertz CT molecular complexity index is 269. The first-order valence-corrected chi connectivity index (χ1v) is 4.88. The number of amides is 1. The fourth-order valence-corrected chi connectivity index (χ4v) is 1.97. The van der Waals surface area contributed by atoms with Crippen LogP contribution in [0.4, 0.5) is 0 Å². The lowest BCUT2D eigenvalue weighted by Crippen LogP contribution is -2.27. The normalized spacial score (nSPS) is 37.7. The van der Waals surface area contributed by atoms with Gasteiger partial charge in [0.05, 0.1) is 12.0 Å². The number of carbonyl (C=O) groups excluding carboxylic acids is 1. The molecule has 0 spiro atoms. The summed E-state index contributed by atoms with van der Waals surface area (Å²) in [6.45, 7) is 3.77. The topological polar surface area (TPSA) is 44.1 Å². The molecule has 2 fully saturated rings. The van der Waals surface area contributed by atoms with Crippen LogP contribution in [0.25, 0.3) is 0 Å². The van der Waals surface area contributed by atoms with Gasteiger partial charge in [-0.3, -0.25) is 4.79 Å². The molecule has 1 saturated carbocycles. The molecule has 0 bridgehead atoms. The third-order valence-corrected chi connectivity index (χ3v) is 3.13. The van der Waals surface area contributed by atoms with E-state index in [4.69, 9.17) is 5.26 Å². The number of nitrogens with zero attached hydrogens (tertiary/aromatic N) is 2. The van der Waals surface area contributed by atoms with Gasteiger partial charge in [0.1, 0.15) is 0 Å². The van der Waals surface area contributed by atoms with Crippen LogP contribution in [0.15, 0.2) is 0 Å². The predicted molar refractivity (Wildman–Crippen MR) is 47.6 cm³/mol. The molecule has 13 heavy (non-hydrogen) atoms. The fraction of sp³-hybridized carbons (Fsp3) is 0.800. The molecule has 1 saturated heterocycles. The Balaban J connectivity index is 1.87. The van der Waals surface area contributed by atoms with Gasteiger partial charge in [0.15, 0.2) is 0 Å². The molecule has 1 heterocycles. The van der Waals surface area contributed by atoms with E-state index in [0.29, 0.717) is 18.9 Å². The van der Waals surface area contributed by atoms with Gasteiger partial charge in [-0.15, -0.1) is 0 Å². The molecular formula is C10H14N2O. The minimum Gasteiger partial charge on any atom is -0.341 e. The van der Waals surface area contributed by atoms with Crippen LogP contribution in [-0.2, 0) is 4.79 Å². The van der Waals surface area contributed by atoms with Crippen LogP contribution in [0.3, 0.4) is 0 Å². The second-order valence-corrected chi connectivity index (χ2v) is 4.30. The second-order valence-electron chi connectivity index (χ2n) is 4.30. The maximum Gasteiger partial charge on any atom is 0.224 e. The number of hydrogen-bond acceptors (Lipinski definition) is 2. The summed E-state index contributed by atoms with van der Waals surface area (Å²) in [6, 6.07) is 2.17. The molecule has 2 rings (SSSR count). The van der Waals surface area contributed by atoms with Gasteiger partial charge in [-0.1, -0.05) is 6.92 Å². The van der Waals surface area contributed by atoms with Crippen LogP contribution in [0.1, 0.15) is 19.8 Å². The molecule has 0 aromatic heterocycles. The highest BCUT2D eigenvalue weighted by molar-refractivity contribution is 5.79. The Hall–Kier alpha value is -1.04. The van der Waals surface area contributed by atoms with Crippen molar-refractivity contribution in [1.82, 2.24) is 4.90 Å². The van der Waals surface area contributed by atoms with Crippen LogP contribution in [0.5, 0.6) is 0 Å². The van der Waals surface area contributed by atoms with Crippen LogP contribution in [0.2, 0.25) is 0 Å². The molecule has 3 nitrogen and oxygen atoms in total. The van der Waals surface area contributed by atoms with E-state index in [1.165, 1.54) is 6.42 Å². The molecule has 0 aromatic rings. The molecule has 3 atom stereocenters. The van der Waals surface area contributed by atoms with Crippen molar-refractivity contribution in [2.75, 3.05) is 13.1 Å². The van der Waals surface area contributed by atoms with Crippen molar-refractivity contribution >= 4 is 5.91 Å². The lowest BCUT2D eigenvalue weighted by Gasteiger charge is -2.14. The van der Waals surface area contributed by atoms with Gasteiger partial charge in [0, 0.05) is 19.5 Å². The van der Waals surface area contributed by atoms with E-state index in [1.807, 2.05) is 4.90 Å². The summed E-state index contributed by atoms with van der Waals surface area (Å²) < 4.78 is 0. The molecule has 0 N–H and O–H groups in total. The fourth-order valence-electron chi connectivity index (χ4n) is 1.97. The summed E-state index contributed by atoms with van der Waals surface area (Å²) >= 11 is 0. The number of rotatable bonds is 2. The van der Waals surface area contributed by atoms with Gasteiger partial charge in [-0.05, 0) is 18.3 Å². The minimum atomic E-state index is -0.0541. The average molecular weight is 178 g/mol. The highest BCUT2D eigenvalue weighted by Crippen LogP contribution is 2.39. The molecule has 1 aliphatic carbocycles. The molecule has 0 aromatic carbocycles. The first-order chi connectivity index (χ1) is 6.20. The van der Waals surface area contributed by atoms with Crippen LogP contribution in [0, 0.1) is 29.1 Å². The Morgan fingerprint density at radius 2 is 2.38 bits per heavy atom. The number of nitriles is 1. The highest BCUT2D eigenvalue weighted by atomic mass is 16.2. The SMILES string of the molecule is CC1CC1CN1CC(C#N)CC1=O. The average Bonchev–Trinajstić information content (AvgIpc) is 2.65. The standard InChI is InChI=1S/C10H14N2O/c1-7-2-9(7)6-12-5-8(4-11)3-10(12)13/h7-9H,2-3,5-6H2,1H3. The lowest BCUT2D eigenvalue weighted by molar-refractivity contribution is -0.127. The Kier molecular flexibility index (Phi) is 1.99. The van der Waals surface area contributed by atoms with E-state index >= 15 is 0 Å². The maximum atomic E-state index is 11.4. The Morgan fingerprint density at radius 1 is 1.69 bits per heavy atom. The quantitative estimate of drug-likeness (QED) is 0.633. The zero-order chi connectivity index (χ0) is 9.42. The summed E-state index contributed by atoms with van der Waals surface area (Å²) in [5.41, 5.74) is 0. The predicted octanol–water partition coefficient (Wildman–Crippen LogP) is 1.01. The summed E-state index contributed by atoms with van der Waals surface area (Å²) in [4.78, 5) is 13.3. The largest absolute Gasteiger partial charge is 0.341 e. The zero-order valence-electron chi connectivity index (χ0n) is 7.86. The van der Waals surface area contributed by atoms with Crippen molar-refractivity contribution < 1.29 is 4.79 Å². The van der Waals surface area contributed by atoms with Crippen LogP contribution in [-0.4, -0.2) is 23.9 Å². The van der Waals surface area contributed by atoms with E-state index in [0.717, 1.165) is 12.5 Å². The van der Waals surface area contributed by atoms with Crippen molar-refractivity contribution in [2.45, 2.75) is 19.8 Å². The van der Waals surface area contributed by atoms with Gasteiger partial charge in [-0.2, -0.15) is 5.26 Å². The first kappa shape index (κ1) is 8.55. The van der Waals surface area contributed by atoms with E-state index in [1.54, 1.807) is 0 Å². The molecule has 70 valence electrons. The minimum absolute atomic E-state index is 0.0541. The summed E-state index contributed by atoms with van der Waals surface area (Å²) in [6.07, 6.45) is 1.69.